The highest BCUT2D eigenvalue weighted by atomic mass is 16.6. The van der Waals surface area contributed by atoms with Gasteiger partial charge in [0.05, 0.1) is 12.2 Å². The van der Waals surface area contributed by atoms with Gasteiger partial charge in [0.25, 0.3) is 0 Å². The zero-order chi connectivity index (χ0) is 14.2. The minimum atomic E-state index is -0.627. The standard InChI is InChI=1S/C15H22O4/c1-8-6-14-12(10(3)15(18)19-14)5-4-11(8)13(17)7-9(2)16/h4,8-9,12-14,16-17H,3,5-7H2,1-2H3/t8-,9-,12+,13+,14-/m0/s1. The van der Waals surface area contributed by atoms with Crippen molar-refractivity contribution in [2.45, 2.75) is 51.4 Å². The normalized spacial score (nSPS) is 34.1. The molecule has 106 valence electrons. The van der Waals surface area contributed by atoms with Crippen molar-refractivity contribution in [1.82, 2.24) is 0 Å². The number of aliphatic hydroxyl groups excluding tert-OH is 2. The van der Waals surface area contributed by atoms with Gasteiger partial charge in [-0.3, -0.25) is 0 Å². The molecule has 1 aliphatic heterocycles. The van der Waals surface area contributed by atoms with Crippen molar-refractivity contribution in [3.8, 4) is 0 Å². The number of hydrogen-bond acceptors (Lipinski definition) is 4. The van der Waals surface area contributed by atoms with E-state index >= 15 is 0 Å². The number of rotatable bonds is 3. The van der Waals surface area contributed by atoms with Crippen LogP contribution in [-0.4, -0.2) is 34.5 Å². The summed E-state index contributed by atoms with van der Waals surface area (Å²) in [6.07, 6.45) is 2.44. The molecule has 2 aliphatic rings. The van der Waals surface area contributed by atoms with Gasteiger partial charge in [-0.05, 0) is 31.3 Å². The number of hydrogen-bond donors (Lipinski definition) is 2. The molecule has 0 unspecified atom stereocenters. The summed E-state index contributed by atoms with van der Waals surface area (Å²) in [5.74, 6) is -0.114. The Labute approximate surface area is 113 Å². The molecule has 0 bridgehead atoms. The van der Waals surface area contributed by atoms with Crippen molar-refractivity contribution in [3.05, 3.63) is 23.8 Å². The summed E-state index contributed by atoms with van der Waals surface area (Å²) >= 11 is 0. The topological polar surface area (TPSA) is 66.8 Å². The first kappa shape index (κ1) is 14.3. The lowest BCUT2D eigenvalue weighted by Gasteiger charge is -2.22. The van der Waals surface area contributed by atoms with Gasteiger partial charge in [-0.25, -0.2) is 4.79 Å². The predicted octanol–water partition coefficient (Wildman–Crippen LogP) is 1.57. The van der Waals surface area contributed by atoms with E-state index < -0.39 is 12.2 Å². The molecule has 1 aliphatic carbocycles. The predicted molar refractivity (Wildman–Crippen MR) is 71.3 cm³/mol. The Kier molecular flexibility index (Phi) is 4.11. The van der Waals surface area contributed by atoms with E-state index in [-0.39, 0.29) is 23.9 Å². The molecule has 1 heterocycles. The highest BCUT2D eigenvalue weighted by Gasteiger charge is 2.41. The molecule has 4 heteroatoms. The molecular formula is C15H22O4. The van der Waals surface area contributed by atoms with E-state index in [9.17, 15) is 15.0 Å². The smallest absolute Gasteiger partial charge is 0.334 e. The number of fused-ring (bicyclic) bond motifs is 1. The zero-order valence-electron chi connectivity index (χ0n) is 11.5. The van der Waals surface area contributed by atoms with E-state index in [4.69, 9.17) is 4.74 Å². The third-order valence-corrected chi connectivity index (χ3v) is 4.13. The van der Waals surface area contributed by atoms with Crippen LogP contribution >= 0.6 is 0 Å². The fourth-order valence-electron chi connectivity index (χ4n) is 3.05. The van der Waals surface area contributed by atoms with E-state index in [1.165, 1.54) is 0 Å². The molecule has 0 spiro atoms. The molecule has 1 fully saturated rings. The minimum absolute atomic E-state index is 0.0335. The van der Waals surface area contributed by atoms with E-state index in [0.717, 1.165) is 5.57 Å². The van der Waals surface area contributed by atoms with Gasteiger partial charge in [-0.2, -0.15) is 0 Å². The van der Waals surface area contributed by atoms with Crippen LogP contribution in [0.25, 0.3) is 0 Å². The van der Waals surface area contributed by atoms with Crippen molar-refractivity contribution in [2.75, 3.05) is 0 Å². The van der Waals surface area contributed by atoms with Gasteiger partial charge >= 0.3 is 5.97 Å². The molecule has 0 aromatic rings. The Morgan fingerprint density at radius 1 is 1.53 bits per heavy atom. The van der Waals surface area contributed by atoms with Crippen LogP contribution in [0.4, 0.5) is 0 Å². The highest BCUT2D eigenvalue weighted by Crippen LogP contribution is 2.39. The van der Waals surface area contributed by atoms with E-state index in [2.05, 4.69) is 6.58 Å². The maximum absolute atomic E-state index is 11.5. The Morgan fingerprint density at radius 2 is 2.21 bits per heavy atom. The van der Waals surface area contributed by atoms with Crippen molar-refractivity contribution in [3.63, 3.8) is 0 Å². The van der Waals surface area contributed by atoms with Crippen LogP contribution in [0.1, 0.15) is 33.1 Å². The lowest BCUT2D eigenvalue weighted by Crippen LogP contribution is -2.23. The number of allylic oxidation sites excluding steroid dienone is 1. The maximum Gasteiger partial charge on any atom is 0.334 e. The Bertz CT molecular complexity index is 410. The van der Waals surface area contributed by atoms with Crippen LogP contribution in [0.3, 0.4) is 0 Å². The molecule has 0 aromatic carbocycles. The lowest BCUT2D eigenvalue weighted by molar-refractivity contribution is -0.139. The van der Waals surface area contributed by atoms with Gasteiger partial charge in [0.15, 0.2) is 0 Å². The fourth-order valence-corrected chi connectivity index (χ4v) is 3.05. The lowest BCUT2D eigenvalue weighted by atomic mass is 9.89. The first-order chi connectivity index (χ1) is 8.90. The largest absolute Gasteiger partial charge is 0.458 e. The van der Waals surface area contributed by atoms with Crippen molar-refractivity contribution >= 4 is 5.97 Å². The summed E-state index contributed by atoms with van der Waals surface area (Å²) in [5.41, 5.74) is 1.49. The Morgan fingerprint density at radius 3 is 2.84 bits per heavy atom. The number of esters is 1. The van der Waals surface area contributed by atoms with Gasteiger partial charge < -0.3 is 14.9 Å². The third kappa shape index (κ3) is 2.90. The van der Waals surface area contributed by atoms with Gasteiger partial charge in [-0.1, -0.05) is 19.6 Å². The molecule has 0 saturated carbocycles. The number of carbonyl (C=O) groups excluding carboxylic acids is 1. The Balaban J connectivity index is 2.13. The molecule has 2 rings (SSSR count). The summed E-state index contributed by atoms with van der Waals surface area (Å²) < 4.78 is 5.33. The summed E-state index contributed by atoms with van der Waals surface area (Å²) in [6, 6.07) is 0. The maximum atomic E-state index is 11.5. The van der Waals surface area contributed by atoms with E-state index in [1.807, 2.05) is 13.0 Å². The first-order valence-corrected chi connectivity index (χ1v) is 6.86. The molecule has 5 atom stereocenters. The fraction of sp³-hybridized carbons (Fsp3) is 0.667. The average Bonchev–Trinajstić information content (AvgIpc) is 2.47. The van der Waals surface area contributed by atoms with Crippen LogP contribution in [0.15, 0.2) is 23.8 Å². The number of ether oxygens (including phenoxy) is 1. The quantitative estimate of drug-likeness (QED) is 0.462. The van der Waals surface area contributed by atoms with Crippen molar-refractivity contribution < 1.29 is 19.7 Å². The van der Waals surface area contributed by atoms with Gasteiger partial charge in [-0.15, -0.1) is 0 Å². The molecule has 0 aromatic heterocycles. The summed E-state index contributed by atoms with van der Waals surface area (Å²) in [6.45, 7) is 7.49. The SMILES string of the molecule is C=C1C(=O)O[C@H]2C[C@H](C)C([C@H](O)C[C@H](C)O)=CC[C@H]12. The molecule has 19 heavy (non-hydrogen) atoms. The minimum Gasteiger partial charge on any atom is -0.458 e. The third-order valence-electron chi connectivity index (χ3n) is 4.13. The van der Waals surface area contributed by atoms with E-state index in [1.54, 1.807) is 6.92 Å². The summed E-state index contributed by atoms with van der Waals surface area (Å²) in [7, 11) is 0. The molecule has 2 N–H and O–H groups in total. The average molecular weight is 266 g/mol. The first-order valence-electron chi connectivity index (χ1n) is 6.86. The second-order valence-corrected chi connectivity index (χ2v) is 5.75. The van der Waals surface area contributed by atoms with Gasteiger partial charge in [0.2, 0.25) is 0 Å². The monoisotopic (exact) mass is 266 g/mol. The Hall–Kier alpha value is -1.13. The summed E-state index contributed by atoms with van der Waals surface area (Å²) in [5, 5.41) is 19.5. The summed E-state index contributed by atoms with van der Waals surface area (Å²) in [4.78, 5) is 11.5. The van der Waals surface area contributed by atoms with Crippen LogP contribution in [-0.2, 0) is 9.53 Å². The van der Waals surface area contributed by atoms with Crippen LogP contribution in [0, 0.1) is 11.8 Å². The molecule has 4 nitrogen and oxygen atoms in total. The van der Waals surface area contributed by atoms with Crippen LogP contribution in [0.5, 0.6) is 0 Å². The van der Waals surface area contributed by atoms with Crippen LogP contribution in [0.2, 0.25) is 0 Å². The van der Waals surface area contributed by atoms with Gasteiger partial charge in [0.1, 0.15) is 6.10 Å². The van der Waals surface area contributed by atoms with Crippen molar-refractivity contribution in [1.29, 1.82) is 0 Å². The number of aliphatic hydroxyl groups is 2. The zero-order valence-corrected chi connectivity index (χ0v) is 11.5. The highest BCUT2D eigenvalue weighted by molar-refractivity contribution is 5.90. The second-order valence-electron chi connectivity index (χ2n) is 5.75. The molecule has 0 radical (unpaired) electrons. The molecule has 0 amide bonds. The van der Waals surface area contributed by atoms with Crippen LogP contribution < -0.4 is 0 Å². The van der Waals surface area contributed by atoms with E-state index in [0.29, 0.717) is 24.8 Å². The second kappa shape index (κ2) is 5.47. The van der Waals surface area contributed by atoms with Crippen molar-refractivity contribution in [2.24, 2.45) is 11.8 Å². The number of carbonyl (C=O) groups is 1. The molecule has 1 saturated heterocycles. The van der Waals surface area contributed by atoms with Gasteiger partial charge in [0, 0.05) is 17.9 Å². The molecular weight excluding hydrogens is 244 g/mol.